The van der Waals surface area contributed by atoms with Crippen LogP contribution in [0.5, 0.6) is 0 Å². The molecule has 1 atom stereocenters. The zero-order valence-electron chi connectivity index (χ0n) is 20.4. The lowest BCUT2D eigenvalue weighted by atomic mass is 10.2. The number of hydrogen-bond donors (Lipinski definition) is 0. The number of carbonyl (C=O) groups is 1. The van der Waals surface area contributed by atoms with Crippen molar-refractivity contribution in [1.82, 2.24) is 14.1 Å². The molecule has 0 radical (unpaired) electrons. The minimum absolute atomic E-state index is 0.0539. The Balaban J connectivity index is 1.49. The molecule has 0 saturated carbocycles. The number of halogens is 1. The molecule has 11 heteroatoms. The van der Waals surface area contributed by atoms with Crippen molar-refractivity contribution in [2.45, 2.75) is 36.8 Å². The van der Waals surface area contributed by atoms with E-state index in [1.807, 2.05) is 6.07 Å². The Kier molecular flexibility index (Phi) is 9.97. The Morgan fingerprint density at radius 3 is 2.56 bits per heavy atom. The SMILES string of the molecule is O=C(CN(CCCN1CCOCC1)S(=O)(=O)c1ccc(Br)cc1)N(Cc1ccco1)CC1CCCO1. The molecule has 4 rings (SSSR count). The number of amides is 1. The summed E-state index contributed by atoms with van der Waals surface area (Å²) in [5.41, 5.74) is 0. The summed E-state index contributed by atoms with van der Waals surface area (Å²) in [6, 6.07) is 10.1. The minimum atomic E-state index is -3.87. The van der Waals surface area contributed by atoms with E-state index >= 15 is 0 Å². The van der Waals surface area contributed by atoms with E-state index in [1.54, 1.807) is 41.5 Å². The molecule has 1 aromatic heterocycles. The van der Waals surface area contributed by atoms with Crippen molar-refractivity contribution in [2.75, 3.05) is 59.1 Å². The standard InChI is InChI=1S/C25H34BrN3O6S/c26-21-6-8-24(9-7-21)36(31,32)29(11-3-10-27-12-16-33-17-13-27)20-25(30)28(18-22-4-1-14-34-22)19-23-5-2-15-35-23/h1,4,6-9,14,23H,2-3,5,10-13,15-20H2. The Labute approximate surface area is 221 Å². The molecule has 0 spiro atoms. The van der Waals surface area contributed by atoms with Crippen molar-refractivity contribution in [3.05, 3.63) is 52.9 Å². The van der Waals surface area contributed by atoms with E-state index in [4.69, 9.17) is 13.9 Å². The number of furan rings is 1. The van der Waals surface area contributed by atoms with E-state index in [-0.39, 0.29) is 36.5 Å². The van der Waals surface area contributed by atoms with E-state index in [9.17, 15) is 13.2 Å². The summed E-state index contributed by atoms with van der Waals surface area (Å²) in [6.45, 7) is 5.13. The normalized spacial score (nSPS) is 19.1. The lowest BCUT2D eigenvalue weighted by molar-refractivity contribution is -0.134. The maximum Gasteiger partial charge on any atom is 0.243 e. The molecular formula is C25H34BrN3O6S. The number of benzene rings is 1. The van der Waals surface area contributed by atoms with Crippen molar-refractivity contribution in [3.63, 3.8) is 0 Å². The average molecular weight is 585 g/mol. The van der Waals surface area contributed by atoms with Crippen LogP contribution >= 0.6 is 15.9 Å². The molecule has 0 aliphatic carbocycles. The van der Waals surface area contributed by atoms with Crippen molar-refractivity contribution < 1.29 is 27.1 Å². The highest BCUT2D eigenvalue weighted by Crippen LogP contribution is 2.21. The minimum Gasteiger partial charge on any atom is -0.467 e. The third kappa shape index (κ3) is 7.62. The van der Waals surface area contributed by atoms with Crippen molar-refractivity contribution in [3.8, 4) is 0 Å². The molecule has 2 aliphatic rings. The second-order valence-electron chi connectivity index (χ2n) is 9.09. The number of hydrogen-bond acceptors (Lipinski definition) is 7. The van der Waals surface area contributed by atoms with Crippen LogP contribution in [0.4, 0.5) is 0 Å². The summed E-state index contributed by atoms with van der Waals surface area (Å²) in [5, 5.41) is 0. The Bertz CT molecular complexity index is 1050. The highest BCUT2D eigenvalue weighted by molar-refractivity contribution is 9.10. The van der Waals surface area contributed by atoms with Crippen LogP contribution < -0.4 is 0 Å². The molecule has 0 N–H and O–H groups in total. The smallest absolute Gasteiger partial charge is 0.243 e. The molecule has 9 nitrogen and oxygen atoms in total. The van der Waals surface area contributed by atoms with Gasteiger partial charge in [0.1, 0.15) is 5.76 Å². The van der Waals surface area contributed by atoms with Gasteiger partial charge in [-0.3, -0.25) is 9.69 Å². The summed E-state index contributed by atoms with van der Waals surface area (Å²) >= 11 is 3.36. The first-order valence-corrected chi connectivity index (χ1v) is 14.6. The maximum absolute atomic E-state index is 13.6. The average Bonchev–Trinajstić information content (AvgIpc) is 3.58. The van der Waals surface area contributed by atoms with Gasteiger partial charge in [-0.2, -0.15) is 4.31 Å². The zero-order chi connectivity index (χ0) is 25.4. The Hall–Kier alpha value is -1.76. The van der Waals surface area contributed by atoms with E-state index < -0.39 is 10.0 Å². The van der Waals surface area contributed by atoms with Crippen molar-refractivity contribution in [1.29, 1.82) is 0 Å². The van der Waals surface area contributed by atoms with Crippen LogP contribution in [0.1, 0.15) is 25.0 Å². The number of rotatable bonds is 12. The van der Waals surface area contributed by atoms with Crippen LogP contribution in [0, 0.1) is 0 Å². The molecule has 0 bridgehead atoms. The van der Waals surface area contributed by atoms with Crippen LogP contribution in [-0.4, -0.2) is 93.6 Å². The second-order valence-corrected chi connectivity index (χ2v) is 11.9. The fourth-order valence-electron chi connectivity index (χ4n) is 4.47. The molecule has 1 unspecified atom stereocenters. The molecular weight excluding hydrogens is 550 g/mol. The first kappa shape index (κ1) is 27.3. The summed E-state index contributed by atoms with van der Waals surface area (Å²) in [4.78, 5) is 17.6. The summed E-state index contributed by atoms with van der Waals surface area (Å²) in [7, 11) is -3.87. The second kappa shape index (κ2) is 13.2. The molecule has 2 saturated heterocycles. The predicted octanol–water partition coefficient (Wildman–Crippen LogP) is 2.96. The number of sulfonamides is 1. The van der Waals surface area contributed by atoms with E-state index in [2.05, 4.69) is 20.8 Å². The van der Waals surface area contributed by atoms with E-state index in [0.717, 1.165) is 36.9 Å². The van der Waals surface area contributed by atoms with Gasteiger partial charge in [0, 0.05) is 37.3 Å². The van der Waals surface area contributed by atoms with Crippen LogP contribution in [0.2, 0.25) is 0 Å². The highest BCUT2D eigenvalue weighted by Gasteiger charge is 2.30. The third-order valence-electron chi connectivity index (χ3n) is 6.48. The Morgan fingerprint density at radius 2 is 1.89 bits per heavy atom. The first-order valence-electron chi connectivity index (χ1n) is 12.4. The van der Waals surface area contributed by atoms with Gasteiger partial charge in [-0.1, -0.05) is 15.9 Å². The van der Waals surface area contributed by atoms with Crippen molar-refractivity contribution >= 4 is 31.9 Å². The van der Waals surface area contributed by atoms with Crippen molar-refractivity contribution in [2.24, 2.45) is 0 Å². The zero-order valence-corrected chi connectivity index (χ0v) is 22.8. The molecule has 1 aromatic carbocycles. The lowest BCUT2D eigenvalue weighted by Crippen LogP contribution is -2.46. The molecule has 3 heterocycles. The fraction of sp³-hybridized carbons (Fsp3) is 0.560. The quantitative estimate of drug-likeness (QED) is 0.379. The number of ether oxygens (including phenoxy) is 2. The third-order valence-corrected chi connectivity index (χ3v) is 8.86. The van der Waals surface area contributed by atoms with Gasteiger partial charge in [0.05, 0.1) is 43.6 Å². The monoisotopic (exact) mass is 583 g/mol. The van der Waals surface area contributed by atoms with Gasteiger partial charge in [0.25, 0.3) is 0 Å². The first-order chi connectivity index (χ1) is 17.4. The molecule has 1 amide bonds. The van der Waals surface area contributed by atoms with Gasteiger partial charge in [-0.05, 0) is 62.2 Å². The molecule has 2 aromatic rings. The van der Waals surface area contributed by atoms with Gasteiger partial charge >= 0.3 is 0 Å². The summed E-state index contributed by atoms with van der Waals surface area (Å²) in [5.74, 6) is 0.380. The molecule has 2 aliphatic heterocycles. The number of carbonyl (C=O) groups excluding carboxylic acids is 1. The van der Waals surface area contributed by atoms with Crippen LogP contribution in [-0.2, 0) is 30.8 Å². The number of nitrogens with zero attached hydrogens (tertiary/aromatic N) is 3. The van der Waals surface area contributed by atoms with Gasteiger partial charge in [-0.25, -0.2) is 8.42 Å². The van der Waals surface area contributed by atoms with Crippen LogP contribution in [0.15, 0.2) is 56.4 Å². The predicted molar refractivity (Wildman–Crippen MR) is 138 cm³/mol. The fourth-order valence-corrected chi connectivity index (χ4v) is 6.16. The summed E-state index contributed by atoms with van der Waals surface area (Å²) in [6.07, 6.45) is 3.97. The molecule has 2 fully saturated rings. The van der Waals surface area contributed by atoms with Crippen LogP contribution in [0.3, 0.4) is 0 Å². The van der Waals surface area contributed by atoms with Gasteiger partial charge in [0.2, 0.25) is 15.9 Å². The topological polar surface area (TPSA) is 92.5 Å². The molecule has 36 heavy (non-hydrogen) atoms. The van der Waals surface area contributed by atoms with Gasteiger partial charge in [0.15, 0.2) is 0 Å². The largest absolute Gasteiger partial charge is 0.467 e. The van der Waals surface area contributed by atoms with Gasteiger partial charge < -0.3 is 18.8 Å². The van der Waals surface area contributed by atoms with E-state index in [0.29, 0.717) is 38.5 Å². The maximum atomic E-state index is 13.6. The highest BCUT2D eigenvalue weighted by atomic mass is 79.9. The molecule has 198 valence electrons. The van der Waals surface area contributed by atoms with Gasteiger partial charge in [-0.15, -0.1) is 0 Å². The lowest BCUT2D eigenvalue weighted by Gasteiger charge is -2.30. The summed E-state index contributed by atoms with van der Waals surface area (Å²) < 4.78 is 46.0. The van der Waals surface area contributed by atoms with E-state index in [1.165, 1.54) is 4.31 Å². The van der Waals surface area contributed by atoms with Crippen LogP contribution in [0.25, 0.3) is 0 Å². The number of morpholine rings is 1. The Morgan fingerprint density at radius 1 is 1.11 bits per heavy atom.